The van der Waals surface area contributed by atoms with Gasteiger partial charge < -0.3 is 14.0 Å². The lowest BCUT2D eigenvalue weighted by molar-refractivity contribution is -0.286. The van der Waals surface area contributed by atoms with E-state index in [-0.39, 0.29) is 46.0 Å². The number of ether oxygens (including phenoxy) is 2. The van der Waals surface area contributed by atoms with Crippen molar-refractivity contribution >= 4 is 21.6 Å². The van der Waals surface area contributed by atoms with Crippen LogP contribution in [0.4, 0.5) is 14.6 Å². The van der Waals surface area contributed by atoms with Gasteiger partial charge in [0.2, 0.25) is 0 Å². The maximum atomic E-state index is 13.4. The third kappa shape index (κ3) is 2.99. The van der Waals surface area contributed by atoms with Gasteiger partial charge in [-0.25, -0.2) is 23.4 Å². The fourth-order valence-corrected chi connectivity index (χ4v) is 4.94. The first-order chi connectivity index (χ1) is 15.1. The van der Waals surface area contributed by atoms with Crippen LogP contribution >= 0.6 is 0 Å². The highest BCUT2D eigenvalue weighted by atomic mass is 32.2. The minimum absolute atomic E-state index is 0.0678. The van der Waals surface area contributed by atoms with Crippen molar-refractivity contribution in [2.45, 2.75) is 24.8 Å². The van der Waals surface area contributed by atoms with E-state index in [1.54, 1.807) is 0 Å². The van der Waals surface area contributed by atoms with Gasteiger partial charge >= 0.3 is 6.29 Å². The molecule has 0 spiro atoms. The molecule has 2 aliphatic heterocycles. The van der Waals surface area contributed by atoms with Crippen molar-refractivity contribution in [2.24, 2.45) is 7.05 Å². The fraction of sp³-hybridized carbons (Fsp3) is 0.263. The van der Waals surface area contributed by atoms with E-state index >= 15 is 0 Å². The van der Waals surface area contributed by atoms with Gasteiger partial charge in [0.15, 0.2) is 32.2 Å². The molecule has 0 unspecified atom stereocenters. The number of alkyl halides is 2. The Hall–Kier alpha value is -3.61. The molecule has 0 atom stereocenters. The van der Waals surface area contributed by atoms with Crippen LogP contribution in [0.2, 0.25) is 0 Å². The van der Waals surface area contributed by atoms with Gasteiger partial charge in [0.25, 0.3) is 5.91 Å². The molecule has 4 heterocycles. The standard InChI is InChI=1S/C19H15F2N5O5S/c1-3-32(28,29)18-16(24-15(25(18)2)11-6-22-9-23-7-11)26-8-10-4-13-14(5-12(10)17(26)27)31-19(20,21)30-13/h4-7,9H,3,8H2,1-2H3. The molecular weight excluding hydrogens is 448 g/mol. The van der Waals surface area contributed by atoms with Gasteiger partial charge in [-0.2, -0.15) is 0 Å². The summed E-state index contributed by atoms with van der Waals surface area (Å²) < 4.78 is 62.8. The van der Waals surface area contributed by atoms with E-state index in [9.17, 15) is 22.0 Å². The van der Waals surface area contributed by atoms with Gasteiger partial charge in [0.1, 0.15) is 12.2 Å². The molecule has 3 aromatic rings. The summed E-state index contributed by atoms with van der Waals surface area (Å²) in [5, 5.41) is -0.147. The van der Waals surface area contributed by atoms with Crippen molar-refractivity contribution in [1.82, 2.24) is 19.5 Å². The predicted octanol–water partition coefficient (Wildman–Crippen LogP) is 2.15. The molecule has 32 heavy (non-hydrogen) atoms. The largest absolute Gasteiger partial charge is 0.586 e. The van der Waals surface area contributed by atoms with Crippen LogP contribution in [0.3, 0.4) is 0 Å². The number of hydrogen-bond acceptors (Lipinski definition) is 8. The lowest BCUT2D eigenvalue weighted by atomic mass is 10.1. The maximum Gasteiger partial charge on any atom is 0.586 e. The number of carbonyl (C=O) groups is 1. The Morgan fingerprint density at radius 3 is 2.47 bits per heavy atom. The number of aromatic nitrogens is 4. The SMILES string of the molecule is CCS(=O)(=O)c1c(N2Cc3cc4c(cc3C2=O)OC(F)(F)O4)nc(-c2cncnc2)n1C. The lowest BCUT2D eigenvalue weighted by Crippen LogP contribution is -2.26. The van der Waals surface area contributed by atoms with E-state index in [4.69, 9.17) is 0 Å². The number of imidazole rings is 1. The number of hydrogen-bond donors (Lipinski definition) is 0. The predicted molar refractivity (Wildman–Crippen MR) is 105 cm³/mol. The molecule has 2 aromatic heterocycles. The Bertz CT molecular complexity index is 1370. The minimum atomic E-state index is -3.81. The third-order valence-corrected chi connectivity index (χ3v) is 7.01. The Morgan fingerprint density at radius 2 is 1.81 bits per heavy atom. The molecule has 10 nitrogen and oxygen atoms in total. The average molecular weight is 463 g/mol. The number of carbonyl (C=O) groups excluding carboxylic acids is 1. The molecule has 0 radical (unpaired) electrons. The molecule has 0 saturated carbocycles. The molecule has 2 aliphatic rings. The summed E-state index contributed by atoms with van der Waals surface area (Å²) in [5.74, 6) is -1.10. The van der Waals surface area contributed by atoms with E-state index in [0.717, 1.165) is 6.07 Å². The highest BCUT2D eigenvalue weighted by molar-refractivity contribution is 7.91. The zero-order valence-corrected chi connectivity index (χ0v) is 17.6. The Kier molecular flexibility index (Phi) is 4.25. The van der Waals surface area contributed by atoms with Crippen LogP contribution in [-0.2, 0) is 23.4 Å². The van der Waals surface area contributed by atoms with Crippen LogP contribution in [0.1, 0.15) is 22.8 Å². The van der Waals surface area contributed by atoms with Crippen LogP contribution in [-0.4, -0.2) is 45.9 Å². The minimum Gasteiger partial charge on any atom is -0.395 e. The topological polar surface area (TPSA) is 117 Å². The summed E-state index contributed by atoms with van der Waals surface area (Å²) in [6.07, 6.45) is 0.462. The summed E-state index contributed by atoms with van der Waals surface area (Å²) in [7, 11) is -2.28. The molecule has 0 saturated heterocycles. The lowest BCUT2D eigenvalue weighted by Gasteiger charge is -2.15. The Morgan fingerprint density at radius 1 is 1.16 bits per heavy atom. The zero-order chi connectivity index (χ0) is 22.8. The van der Waals surface area contributed by atoms with Crippen LogP contribution in [0, 0.1) is 0 Å². The molecule has 0 fully saturated rings. The molecule has 166 valence electrons. The zero-order valence-electron chi connectivity index (χ0n) is 16.7. The fourth-order valence-electron chi connectivity index (χ4n) is 3.73. The number of halogens is 2. The normalized spacial score (nSPS) is 16.5. The van der Waals surface area contributed by atoms with Crippen LogP contribution < -0.4 is 14.4 Å². The number of sulfone groups is 1. The van der Waals surface area contributed by atoms with Gasteiger partial charge in [0.05, 0.1) is 17.9 Å². The number of fused-ring (bicyclic) bond motifs is 2. The second kappa shape index (κ2) is 6.69. The van der Waals surface area contributed by atoms with Crippen molar-refractivity contribution in [3.63, 3.8) is 0 Å². The van der Waals surface area contributed by atoms with Gasteiger partial charge in [0, 0.05) is 25.0 Å². The number of anilines is 1. The van der Waals surface area contributed by atoms with Crippen molar-refractivity contribution in [1.29, 1.82) is 0 Å². The number of amides is 1. The summed E-state index contributed by atoms with van der Waals surface area (Å²) in [6, 6.07) is 2.45. The molecule has 1 amide bonds. The quantitative estimate of drug-likeness (QED) is 0.578. The van der Waals surface area contributed by atoms with Gasteiger partial charge in [-0.05, 0) is 17.7 Å². The van der Waals surface area contributed by atoms with E-state index in [1.165, 1.54) is 48.2 Å². The molecule has 13 heteroatoms. The molecule has 5 rings (SSSR count). The maximum absolute atomic E-state index is 13.4. The first-order valence-electron chi connectivity index (χ1n) is 9.41. The van der Waals surface area contributed by atoms with Crippen molar-refractivity contribution in [2.75, 3.05) is 10.7 Å². The summed E-state index contributed by atoms with van der Waals surface area (Å²) in [5.41, 5.74) is 0.936. The average Bonchev–Trinajstić information content (AvgIpc) is 3.36. The summed E-state index contributed by atoms with van der Waals surface area (Å²) in [6.45, 7) is 1.40. The molecule has 0 N–H and O–H groups in total. The molecule has 1 aromatic carbocycles. The van der Waals surface area contributed by atoms with E-state index in [1.807, 2.05) is 0 Å². The van der Waals surface area contributed by atoms with Gasteiger partial charge in [-0.1, -0.05) is 6.92 Å². The number of benzene rings is 1. The van der Waals surface area contributed by atoms with E-state index in [2.05, 4.69) is 24.4 Å². The Labute approximate surface area is 180 Å². The highest BCUT2D eigenvalue weighted by Crippen LogP contribution is 2.45. The summed E-state index contributed by atoms with van der Waals surface area (Å²) in [4.78, 5) is 26.6. The monoisotopic (exact) mass is 463 g/mol. The van der Waals surface area contributed by atoms with E-state index in [0.29, 0.717) is 11.1 Å². The van der Waals surface area contributed by atoms with Crippen molar-refractivity contribution < 1.29 is 31.5 Å². The smallest absolute Gasteiger partial charge is 0.395 e. The molecule has 0 aliphatic carbocycles. The molecular formula is C19H15F2N5O5S. The first-order valence-corrected chi connectivity index (χ1v) is 11.1. The van der Waals surface area contributed by atoms with Gasteiger partial charge in [-0.3, -0.25) is 9.69 Å². The number of nitrogens with zero attached hydrogens (tertiary/aromatic N) is 5. The Balaban J connectivity index is 1.63. The first kappa shape index (κ1) is 20.3. The van der Waals surface area contributed by atoms with Crippen LogP contribution in [0.15, 0.2) is 35.9 Å². The van der Waals surface area contributed by atoms with Gasteiger partial charge in [-0.15, -0.1) is 8.78 Å². The van der Waals surface area contributed by atoms with Crippen molar-refractivity contribution in [3.8, 4) is 22.9 Å². The van der Waals surface area contributed by atoms with Crippen molar-refractivity contribution in [3.05, 3.63) is 42.0 Å². The second-order valence-electron chi connectivity index (χ2n) is 7.17. The third-order valence-electron chi connectivity index (χ3n) is 5.21. The molecule has 0 bridgehead atoms. The van der Waals surface area contributed by atoms with Crippen LogP contribution in [0.5, 0.6) is 11.5 Å². The second-order valence-corrected chi connectivity index (χ2v) is 9.36. The summed E-state index contributed by atoms with van der Waals surface area (Å²) >= 11 is 0. The van der Waals surface area contributed by atoms with Crippen LogP contribution in [0.25, 0.3) is 11.4 Å². The number of rotatable bonds is 4. The highest BCUT2D eigenvalue weighted by Gasteiger charge is 2.46. The van der Waals surface area contributed by atoms with E-state index < -0.39 is 22.0 Å².